The smallest absolute Gasteiger partial charge is 0.744 e. The van der Waals surface area contributed by atoms with Crippen molar-refractivity contribution in [1.82, 2.24) is 0 Å². The van der Waals surface area contributed by atoms with Gasteiger partial charge in [-0.2, -0.15) is 5.11 Å². The van der Waals surface area contributed by atoms with E-state index in [0.717, 1.165) is 166 Å². The Kier molecular flexibility index (Phi) is 35.6. The molecule has 10 aromatic carbocycles. The summed E-state index contributed by atoms with van der Waals surface area (Å²) in [5, 5.41) is 107. The summed E-state index contributed by atoms with van der Waals surface area (Å²) in [7, 11) is -4.56. The predicted molar refractivity (Wildman–Crippen MR) is 470 cm³/mol. The monoisotopic (exact) mass is 1610 g/mol. The maximum Gasteiger partial charge on any atom is 1.00 e. The fourth-order valence-electron chi connectivity index (χ4n) is 14.5. The first-order valence-electron chi connectivity index (χ1n) is 39.4. The van der Waals surface area contributed by atoms with Crippen LogP contribution in [0.4, 0.5) is 0 Å². The number of benzene rings is 10. The van der Waals surface area contributed by atoms with Gasteiger partial charge in [0.1, 0.15) is 73.5 Å². The van der Waals surface area contributed by atoms with Crippen LogP contribution < -0.4 is 29.6 Å². The van der Waals surface area contributed by atoms with Gasteiger partial charge in [0.05, 0.1) is 4.90 Å². The Morgan fingerprint density at radius 2 is 0.852 bits per heavy atom. The molecule has 10 aromatic rings. The summed E-state index contributed by atoms with van der Waals surface area (Å²) in [5.74, 6) is 3.48. The summed E-state index contributed by atoms with van der Waals surface area (Å²) in [6.45, 7) is 49.5. The van der Waals surface area contributed by atoms with Gasteiger partial charge in [-0.1, -0.05) is 240 Å². The third-order valence-corrected chi connectivity index (χ3v) is 22.6. The first kappa shape index (κ1) is 96.8. The van der Waals surface area contributed by atoms with E-state index in [1.165, 1.54) is 34.4 Å². The van der Waals surface area contributed by atoms with E-state index in [-0.39, 0.29) is 64.1 Å². The standard InChI is InChI=1S/C24H34O2.C22H30O2.C21H28O2.C12H15N3OS.C11H10O.C7H8O4S.Na/c1-14-10-17(21(25)19(12-14)23(4,5)6)16(3)18-11-15(2)13-20(22(18)26)24(7,8)9;1-7-16-9-14(5)21(23)18(11-16)20(13(3)4)19-12-17(8-2)10-15(6)22(19)24;1-6-7-8-17(18-11-13(2)9-15(4)20(18)22)19-12-14(3)10-16(5)21(19)23;1-8-5-10(6-9(2)12(8)16)3-4-17-11-7-13-15-14-11;1-8-6-7-11(12)10-5-3-2-4-9(8)10;1-5-2-3-6(8)7(4-5)12(9,10)11;/h10-13,16,25-26H,1-9H3;9-13,20,23-24H,7-8H2,1-6H3;9-12,17,22-23H,6-8H2,1-5H3;5-6,16H,3-4,7H2,1-2H3;2-7,12H,1H3;2-4,8H,1H3,(H,9,10,11);/q;;;;;;+1/p-1. The molecule has 0 radical (unpaired) electrons. The van der Waals surface area contributed by atoms with E-state index in [1.54, 1.807) is 24.8 Å². The van der Waals surface area contributed by atoms with Crippen molar-refractivity contribution < 1.29 is 88.5 Å². The number of rotatable bonds is 16. The van der Waals surface area contributed by atoms with Gasteiger partial charge < -0.3 is 50.5 Å². The summed E-state index contributed by atoms with van der Waals surface area (Å²) in [5.41, 5.74) is 22.5. The molecule has 18 heteroatoms. The quantitative estimate of drug-likeness (QED) is 0.0322. The Morgan fingerprint density at radius 3 is 1.25 bits per heavy atom. The van der Waals surface area contributed by atoms with Crippen LogP contribution in [-0.2, 0) is 40.2 Å². The van der Waals surface area contributed by atoms with Crippen LogP contribution in [0.5, 0.6) is 51.7 Å². The molecule has 11 rings (SSSR count). The molecule has 0 saturated heterocycles. The number of nitrogens with zero attached hydrogens (tertiary/aromatic N) is 3. The van der Waals surface area contributed by atoms with E-state index in [9.17, 15) is 53.8 Å². The number of hydrogen-bond donors (Lipinski definition) is 9. The van der Waals surface area contributed by atoms with Crippen molar-refractivity contribution in [2.75, 3.05) is 12.3 Å². The van der Waals surface area contributed by atoms with Crippen molar-refractivity contribution in [3.05, 3.63) is 267 Å². The molecule has 1 aliphatic heterocycles. The van der Waals surface area contributed by atoms with Crippen molar-refractivity contribution in [1.29, 1.82) is 0 Å². The van der Waals surface area contributed by atoms with E-state index in [0.29, 0.717) is 58.1 Å². The van der Waals surface area contributed by atoms with Crippen LogP contribution in [-0.4, -0.2) is 76.3 Å². The average Bonchev–Trinajstić information content (AvgIpc) is 0.959. The molecule has 0 saturated carbocycles. The molecule has 115 heavy (non-hydrogen) atoms. The second kappa shape index (κ2) is 42.4. The van der Waals surface area contributed by atoms with E-state index in [1.807, 2.05) is 141 Å². The molecule has 0 unspecified atom stereocenters. The number of phenols is 9. The van der Waals surface area contributed by atoms with Crippen molar-refractivity contribution in [3.63, 3.8) is 0 Å². The Balaban J connectivity index is 0.000000251. The number of fused-ring (bicyclic) bond motifs is 1. The van der Waals surface area contributed by atoms with Crippen molar-refractivity contribution in [3.8, 4) is 51.7 Å². The Labute approximate surface area is 711 Å². The molecule has 0 atom stereocenters. The molecule has 15 nitrogen and oxygen atoms in total. The number of aromatic hydroxyl groups is 9. The zero-order valence-electron chi connectivity index (χ0n) is 72.7. The fourth-order valence-corrected chi connectivity index (χ4v) is 16.0. The van der Waals surface area contributed by atoms with Crippen LogP contribution in [0.25, 0.3) is 10.8 Å². The average molecular weight is 1610 g/mol. The largest absolute Gasteiger partial charge is 1.00 e. The molecule has 1 aliphatic rings. The second-order valence-electron chi connectivity index (χ2n) is 33.0. The van der Waals surface area contributed by atoms with Gasteiger partial charge in [-0.25, -0.2) is 8.42 Å². The predicted octanol–water partition coefficient (Wildman–Crippen LogP) is 21.3. The Hall–Kier alpha value is -8.81. The van der Waals surface area contributed by atoms with Gasteiger partial charge in [-0.05, 0) is 227 Å². The minimum Gasteiger partial charge on any atom is -0.744 e. The van der Waals surface area contributed by atoms with Gasteiger partial charge in [-0.15, -0.1) is 16.9 Å². The molecular weight excluding hydrogens is 1490 g/mol. The maximum atomic E-state index is 11.0. The molecule has 0 spiro atoms. The van der Waals surface area contributed by atoms with Gasteiger partial charge in [-0.3, -0.25) is 0 Å². The molecule has 612 valence electrons. The van der Waals surface area contributed by atoms with E-state index >= 15 is 0 Å². The molecule has 0 aromatic heterocycles. The zero-order chi connectivity index (χ0) is 85.3. The minimum atomic E-state index is -4.56. The first-order valence-corrected chi connectivity index (χ1v) is 41.8. The number of unbranched alkanes of at least 4 members (excludes halogenated alkanes) is 1. The van der Waals surface area contributed by atoms with Crippen LogP contribution >= 0.6 is 11.8 Å². The van der Waals surface area contributed by atoms with E-state index in [4.69, 9.17) is 5.11 Å². The topological polar surface area (TPSA) is 276 Å². The fraction of sp³-hybridized carbons (Fsp3) is 0.392. The third kappa shape index (κ3) is 26.1. The van der Waals surface area contributed by atoms with Crippen LogP contribution in [0.3, 0.4) is 0 Å². The number of thioether (sulfide) groups is 1. The van der Waals surface area contributed by atoms with Crippen molar-refractivity contribution >= 4 is 37.7 Å². The van der Waals surface area contributed by atoms with Gasteiger partial charge in [0.15, 0.2) is 0 Å². The first-order chi connectivity index (χ1) is 53.2. The van der Waals surface area contributed by atoms with Gasteiger partial charge in [0.25, 0.3) is 0 Å². The molecule has 9 N–H and O–H groups in total. The maximum absolute atomic E-state index is 11.0. The number of hydrogen-bond acceptors (Lipinski definition) is 16. The third-order valence-electron chi connectivity index (χ3n) is 20.7. The molecule has 0 fully saturated rings. The van der Waals surface area contributed by atoms with E-state index in [2.05, 4.69) is 149 Å². The molecular formula is C97H124N3NaO12S2. The number of aryl methyl sites for hydroxylation is 15. The van der Waals surface area contributed by atoms with Crippen LogP contribution in [0.1, 0.15) is 248 Å². The molecule has 0 amide bonds. The van der Waals surface area contributed by atoms with Crippen molar-refractivity contribution in [2.45, 2.75) is 238 Å². The molecule has 0 bridgehead atoms. The second-order valence-corrected chi connectivity index (χ2v) is 35.5. The van der Waals surface area contributed by atoms with Crippen LogP contribution in [0, 0.1) is 89.0 Å². The van der Waals surface area contributed by atoms with Gasteiger partial charge in [0, 0.05) is 62.3 Å². The SMILES string of the molecule is CCCCC(c1cc(C)cc(C)c1O)c1cc(C)cc(C)c1O.CCc1cc(C)c(O)c(C(c2cc(CC)cc(C)c2O)C(C)C)c1.Cc1cc(C(C)c2cc(C)cc(C(C)(C)C)c2O)c(O)c(C(C)(C)C)c1.Cc1cc(CCSC2=NN=NC2)cc(C)c1O.Cc1ccc(O)c(S(=O)(=O)[O-])c1.Cc1ccc(O)c2ccccc12.[Na+]. The van der Waals surface area contributed by atoms with Crippen molar-refractivity contribution in [2.24, 2.45) is 21.4 Å². The van der Waals surface area contributed by atoms with Gasteiger partial charge >= 0.3 is 29.6 Å². The van der Waals surface area contributed by atoms with E-state index < -0.39 is 20.8 Å². The number of phenolic OH excluding ortho intramolecular Hbond substituents is 9. The van der Waals surface area contributed by atoms with Crippen LogP contribution in [0.15, 0.2) is 160 Å². The Morgan fingerprint density at radius 1 is 0.443 bits per heavy atom. The summed E-state index contributed by atoms with van der Waals surface area (Å²) in [6, 6.07) is 44.0. The Bertz CT molecular complexity index is 4960. The summed E-state index contributed by atoms with van der Waals surface area (Å²) in [4.78, 5) is -0.567. The van der Waals surface area contributed by atoms with Crippen LogP contribution in [0.2, 0.25) is 0 Å². The molecule has 1 heterocycles. The normalized spacial score (nSPS) is 11.9. The minimum absolute atomic E-state index is 0. The molecule has 0 aliphatic carbocycles. The van der Waals surface area contributed by atoms with Gasteiger partial charge in [0.2, 0.25) is 0 Å². The summed E-state index contributed by atoms with van der Waals surface area (Å²) < 4.78 is 31.5. The summed E-state index contributed by atoms with van der Waals surface area (Å²) >= 11 is 1.69. The summed E-state index contributed by atoms with van der Waals surface area (Å²) in [6.07, 6.45) is 5.89. The zero-order valence-corrected chi connectivity index (χ0v) is 76.3.